The molecule has 2 heteroatoms. The molecule has 2 aromatic rings. The number of benzene rings is 2. The van der Waals surface area contributed by atoms with E-state index in [-0.39, 0.29) is 5.97 Å². The monoisotopic (exact) mass is 240 g/mol. The van der Waals surface area contributed by atoms with Crippen LogP contribution in [0.2, 0.25) is 0 Å². The molecule has 0 N–H and O–H groups in total. The van der Waals surface area contributed by atoms with Crippen LogP contribution in [0.1, 0.15) is 18.9 Å². The predicted molar refractivity (Wildman–Crippen MR) is 72.5 cm³/mol. The molecule has 18 heavy (non-hydrogen) atoms. The second-order valence-corrected chi connectivity index (χ2v) is 4.22. The molecule has 0 amide bonds. The van der Waals surface area contributed by atoms with Crippen molar-refractivity contribution in [2.24, 2.45) is 0 Å². The number of carbonyl (C=O) groups is 1. The van der Waals surface area contributed by atoms with Crippen LogP contribution in [-0.4, -0.2) is 5.97 Å². The number of hydrogen-bond donors (Lipinski definition) is 0. The molecule has 0 aliphatic rings. The zero-order valence-electron chi connectivity index (χ0n) is 10.6. The Kier molecular flexibility index (Phi) is 3.78. The fourth-order valence-electron chi connectivity index (χ4n) is 1.67. The van der Waals surface area contributed by atoms with Crippen molar-refractivity contribution in [1.29, 1.82) is 0 Å². The van der Waals surface area contributed by atoms with Crippen LogP contribution in [0.5, 0.6) is 5.75 Å². The Morgan fingerprint density at radius 2 is 1.44 bits per heavy atom. The highest BCUT2D eigenvalue weighted by atomic mass is 16.5. The van der Waals surface area contributed by atoms with Gasteiger partial charge in [-0.15, -0.1) is 0 Å². The number of rotatable bonds is 3. The van der Waals surface area contributed by atoms with Crippen LogP contribution >= 0.6 is 0 Å². The molecule has 2 aromatic carbocycles. The van der Waals surface area contributed by atoms with E-state index in [1.165, 1.54) is 5.56 Å². The first-order chi connectivity index (χ1) is 8.69. The van der Waals surface area contributed by atoms with Gasteiger partial charge in [-0.1, -0.05) is 48.9 Å². The molecule has 0 spiro atoms. The maximum Gasteiger partial charge on any atom is 0.310 e. The Hall–Kier alpha value is -2.09. The van der Waals surface area contributed by atoms with Crippen LogP contribution in [0.4, 0.5) is 0 Å². The lowest BCUT2D eigenvalue weighted by Crippen LogP contribution is -2.05. The van der Waals surface area contributed by atoms with Gasteiger partial charge in [-0.2, -0.15) is 0 Å². The normalized spacial score (nSPS) is 10.1. The average molecular weight is 240 g/mol. The fraction of sp³-hybridized carbons (Fsp3) is 0.188. The lowest BCUT2D eigenvalue weighted by atomic mass is 10.0. The summed E-state index contributed by atoms with van der Waals surface area (Å²) in [5, 5.41) is 0. The van der Waals surface area contributed by atoms with Crippen LogP contribution in [0.25, 0.3) is 11.1 Å². The molecule has 0 heterocycles. The standard InChI is InChI=1S/C16H16O2/c1-3-16(17)18-15-10-8-14(9-11-15)13-6-4-12(2)5-7-13/h4-11H,3H2,1-2H3. The van der Waals surface area contributed by atoms with Gasteiger partial charge >= 0.3 is 5.97 Å². The van der Waals surface area contributed by atoms with E-state index in [4.69, 9.17) is 4.74 Å². The smallest absolute Gasteiger partial charge is 0.310 e. The summed E-state index contributed by atoms with van der Waals surface area (Å²) in [5.41, 5.74) is 3.52. The number of ether oxygens (including phenoxy) is 1. The first-order valence-electron chi connectivity index (χ1n) is 6.07. The molecule has 0 fully saturated rings. The Balaban J connectivity index is 2.17. The molecular weight excluding hydrogens is 224 g/mol. The summed E-state index contributed by atoms with van der Waals surface area (Å²) < 4.78 is 5.13. The summed E-state index contributed by atoms with van der Waals surface area (Å²) in [7, 11) is 0. The molecule has 2 nitrogen and oxygen atoms in total. The van der Waals surface area contributed by atoms with Crippen molar-refractivity contribution >= 4 is 5.97 Å². The van der Waals surface area contributed by atoms with Crippen LogP contribution in [-0.2, 0) is 4.79 Å². The molecule has 92 valence electrons. The van der Waals surface area contributed by atoms with Gasteiger partial charge in [0.1, 0.15) is 5.75 Å². The van der Waals surface area contributed by atoms with Crippen molar-refractivity contribution < 1.29 is 9.53 Å². The number of aryl methyl sites for hydroxylation is 1. The van der Waals surface area contributed by atoms with Crippen molar-refractivity contribution in [2.75, 3.05) is 0 Å². The molecule has 0 bridgehead atoms. The SMILES string of the molecule is CCC(=O)Oc1ccc(-c2ccc(C)cc2)cc1. The molecule has 0 aliphatic carbocycles. The van der Waals surface area contributed by atoms with Crippen LogP contribution in [0.15, 0.2) is 48.5 Å². The third-order valence-corrected chi connectivity index (χ3v) is 2.76. The third-order valence-electron chi connectivity index (χ3n) is 2.76. The second kappa shape index (κ2) is 5.50. The van der Waals surface area contributed by atoms with E-state index in [0.29, 0.717) is 12.2 Å². The van der Waals surface area contributed by atoms with Gasteiger partial charge in [0.25, 0.3) is 0 Å². The lowest BCUT2D eigenvalue weighted by molar-refractivity contribution is -0.134. The van der Waals surface area contributed by atoms with Gasteiger partial charge in [0.15, 0.2) is 0 Å². The Morgan fingerprint density at radius 1 is 0.944 bits per heavy atom. The molecule has 0 atom stereocenters. The topological polar surface area (TPSA) is 26.3 Å². The van der Waals surface area contributed by atoms with Gasteiger partial charge in [0, 0.05) is 6.42 Å². The Bertz CT molecular complexity index is 524. The molecular formula is C16H16O2. The summed E-state index contributed by atoms with van der Waals surface area (Å²) in [5.74, 6) is 0.385. The first-order valence-corrected chi connectivity index (χ1v) is 6.07. The van der Waals surface area contributed by atoms with E-state index in [1.54, 1.807) is 6.92 Å². The average Bonchev–Trinajstić information content (AvgIpc) is 2.40. The van der Waals surface area contributed by atoms with E-state index < -0.39 is 0 Å². The van der Waals surface area contributed by atoms with E-state index in [1.807, 2.05) is 24.3 Å². The quantitative estimate of drug-likeness (QED) is 0.599. The predicted octanol–water partition coefficient (Wildman–Crippen LogP) is 3.98. The molecule has 0 unspecified atom stereocenters. The molecule has 0 aliphatic heterocycles. The minimum absolute atomic E-state index is 0.210. The molecule has 0 aromatic heterocycles. The van der Waals surface area contributed by atoms with E-state index in [9.17, 15) is 4.79 Å². The number of carbonyl (C=O) groups excluding carboxylic acids is 1. The lowest BCUT2D eigenvalue weighted by Gasteiger charge is -2.05. The highest BCUT2D eigenvalue weighted by Crippen LogP contribution is 2.22. The summed E-state index contributed by atoms with van der Waals surface area (Å²) in [6.45, 7) is 3.85. The highest BCUT2D eigenvalue weighted by molar-refractivity contribution is 5.72. The minimum Gasteiger partial charge on any atom is -0.427 e. The molecule has 2 rings (SSSR count). The highest BCUT2D eigenvalue weighted by Gasteiger charge is 2.02. The number of esters is 1. The summed E-state index contributed by atoms with van der Waals surface area (Å²) >= 11 is 0. The maximum absolute atomic E-state index is 11.2. The minimum atomic E-state index is -0.210. The third kappa shape index (κ3) is 2.98. The van der Waals surface area contributed by atoms with Gasteiger partial charge in [0.2, 0.25) is 0 Å². The van der Waals surface area contributed by atoms with E-state index >= 15 is 0 Å². The van der Waals surface area contributed by atoms with E-state index in [0.717, 1.165) is 11.1 Å². The van der Waals surface area contributed by atoms with Crippen molar-refractivity contribution in [1.82, 2.24) is 0 Å². The summed E-state index contributed by atoms with van der Waals surface area (Å²) in [6, 6.07) is 15.9. The summed E-state index contributed by atoms with van der Waals surface area (Å²) in [6.07, 6.45) is 0.389. The zero-order chi connectivity index (χ0) is 13.0. The van der Waals surface area contributed by atoms with Gasteiger partial charge < -0.3 is 4.74 Å². The van der Waals surface area contributed by atoms with Crippen molar-refractivity contribution in [2.45, 2.75) is 20.3 Å². The number of hydrogen-bond acceptors (Lipinski definition) is 2. The zero-order valence-corrected chi connectivity index (χ0v) is 10.6. The van der Waals surface area contributed by atoms with Gasteiger partial charge in [0.05, 0.1) is 0 Å². The Labute approximate surface area is 107 Å². The van der Waals surface area contributed by atoms with Crippen molar-refractivity contribution in [3.05, 3.63) is 54.1 Å². The molecule has 0 radical (unpaired) electrons. The van der Waals surface area contributed by atoms with Gasteiger partial charge in [-0.3, -0.25) is 4.79 Å². The molecule has 0 saturated carbocycles. The molecule has 0 saturated heterocycles. The van der Waals surface area contributed by atoms with Crippen molar-refractivity contribution in [3.63, 3.8) is 0 Å². The fourth-order valence-corrected chi connectivity index (χ4v) is 1.67. The van der Waals surface area contributed by atoms with E-state index in [2.05, 4.69) is 31.2 Å². The second-order valence-electron chi connectivity index (χ2n) is 4.22. The van der Waals surface area contributed by atoms with Gasteiger partial charge in [-0.25, -0.2) is 0 Å². The van der Waals surface area contributed by atoms with Crippen LogP contribution < -0.4 is 4.74 Å². The summed E-state index contributed by atoms with van der Waals surface area (Å²) in [4.78, 5) is 11.2. The first kappa shape index (κ1) is 12.4. The Morgan fingerprint density at radius 3 is 1.94 bits per heavy atom. The van der Waals surface area contributed by atoms with Crippen molar-refractivity contribution in [3.8, 4) is 16.9 Å². The van der Waals surface area contributed by atoms with Crippen LogP contribution in [0.3, 0.4) is 0 Å². The maximum atomic E-state index is 11.2. The van der Waals surface area contributed by atoms with Crippen LogP contribution in [0, 0.1) is 6.92 Å². The van der Waals surface area contributed by atoms with Gasteiger partial charge in [-0.05, 0) is 30.2 Å². The largest absolute Gasteiger partial charge is 0.427 e.